The van der Waals surface area contributed by atoms with Gasteiger partial charge in [0, 0.05) is 18.9 Å². The van der Waals surface area contributed by atoms with Crippen molar-refractivity contribution in [2.24, 2.45) is 7.05 Å². The molecule has 3 heterocycles. The zero-order valence-corrected chi connectivity index (χ0v) is 17.8. The van der Waals surface area contributed by atoms with Gasteiger partial charge in [0.25, 0.3) is 5.56 Å². The Balaban J connectivity index is 2.16. The van der Waals surface area contributed by atoms with E-state index >= 15 is 0 Å². The minimum Gasteiger partial charge on any atom is -0.495 e. The molecule has 30 heavy (non-hydrogen) atoms. The molecule has 4 aromatic rings. The van der Waals surface area contributed by atoms with Gasteiger partial charge in [-0.3, -0.25) is 23.1 Å². The fraction of sp³-hybridized carbons (Fsp3) is 0.333. The third-order valence-corrected chi connectivity index (χ3v) is 5.53. The molecular formula is C21H23N5O4. The number of imidazole rings is 2. The van der Waals surface area contributed by atoms with Crippen LogP contribution in [-0.2, 0) is 11.8 Å². The number of hydrogen-bond acceptors (Lipinski definition) is 5. The first-order valence-corrected chi connectivity index (χ1v) is 9.54. The minimum absolute atomic E-state index is 0.244. The number of rotatable bonds is 4. The second-order valence-corrected chi connectivity index (χ2v) is 7.54. The van der Waals surface area contributed by atoms with E-state index in [1.807, 2.05) is 36.6 Å². The summed E-state index contributed by atoms with van der Waals surface area (Å²) in [5.74, 6) is 0.865. The lowest BCUT2D eigenvalue weighted by Gasteiger charge is -2.12. The van der Waals surface area contributed by atoms with E-state index in [2.05, 4.69) is 4.98 Å². The summed E-state index contributed by atoms with van der Waals surface area (Å²) in [5.41, 5.74) is 2.04. The molecule has 0 saturated heterocycles. The number of carbonyl (C=O) groups is 1. The number of methoxy groups -OCH3 is 1. The molecule has 156 valence electrons. The number of fused-ring (bicyclic) bond motifs is 3. The average Bonchev–Trinajstić information content (AvgIpc) is 3.20. The van der Waals surface area contributed by atoms with Gasteiger partial charge in [-0.1, -0.05) is 6.07 Å². The molecule has 0 fully saturated rings. The van der Waals surface area contributed by atoms with Crippen LogP contribution in [-0.4, -0.2) is 36.0 Å². The van der Waals surface area contributed by atoms with E-state index in [1.54, 1.807) is 31.7 Å². The van der Waals surface area contributed by atoms with Gasteiger partial charge in [0.1, 0.15) is 5.75 Å². The summed E-state index contributed by atoms with van der Waals surface area (Å²) < 4.78 is 11.4. The smallest absolute Gasteiger partial charge is 0.333 e. The monoisotopic (exact) mass is 409 g/mol. The van der Waals surface area contributed by atoms with Crippen LogP contribution in [0.5, 0.6) is 5.75 Å². The molecule has 0 aliphatic heterocycles. The zero-order valence-electron chi connectivity index (χ0n) is 17.8. The Hall–Kier alpha value is -3.62. The second-order valence-electron chi connectivity index (χ2n) is 7.54. The SMILES string of the molecule is COc1ccc(C)cc1-n1c(C)cn2c3c(=O)n([C@@H](C)C(C)=O)c(=O)n(C)c3nc12. The molecule has 1 aromatic carbocycles. The summed E-state index contributed by atoms with van der Waals surface area (Å²) in [5, 5.41) is 0. The van der Waals surface area contributed by atoms with Crippen molar-refractivity contribution >= 4 is 22.7 Å². The van der Waals surface area contributed by atoms with Gasteiger partial charge < -0.3 is 4.74 Å². The molecule has 9 heteroatoms. The molecule has 0 radical (unpaired) electrons. The molecule has 9 nitrogen and oxygen atoms in total. The second kappa shape index (κ2) is 6.72. The lowest BCUT2D eigenvalue weighted by atomic mass is 10.2. The molecule has 0 saturated carbocycles. The van der Waals surface area contributed by atoms with Gasteiger partial charge in [0.15, 0.2) is 16.9 Å². The van der Waals surface area contributed by atoms with E-state index in [0.29, 0.717) is 11.5 Å². The molecule has 1 atom stereocenters. The molecular weight excluding hydrogens is 386 g/mol. The van der Waals surface area contributed by atoms with Crippen LogP contribution >= 0.6 is 0 Å². The van der Waals surface area contributed by atoms with Crippen LogP contribution in [0.3, 0.4) is 0 Å². The van der Waals surface area contributed by atoms with Gasteiger partial charge >= 0.3 is 5.69 Å². The Kier molecular flexibility index (Phi) is 4.41. The van der Waals surface area contributed by atoms with E-state index in [0.717, 1.165) is 21.5 Å². The van der Waals surface area contributed by atoms with Gasteiger partial charge in [-0.15, -0.1) is 0 Å². The molecule has 3 aromatic heterocycles. The summed E-state index contributed by atoms with van der Waals surface area (Å²) in [6.07, 6.45) is 1.79. The highest BCUT2D eigenvalue weighted by Gasteiger charge is 2.24. The van der Waals surface area contributed by atoms with Crippen molar-refractivity contribution in [3.05, 3.63) is 56.5 Å². The summed E-state index contributed by atoms with van der Waals surface area (Å²) >= 11 is 0. The number of aromatic nitrogens is 5. The van der Waals surface area contributed by atoms with Crippen LogP contribution in [0.15, 0.2) is 34.0 Å². The Morgan fingerprint density at radius 1 is 1.20 bits per heavy atom. The highest BCUT2D eigenvalue weighted by Crippen LogP contribution is 2.28. The summed E-state index contributed by atoms with van der Waals surface area (Å²) in [4.78, 5) is 42.6. The first-order chi connectivity index (χ1) is 14.2. The molecule has 0 unspecified atom stereocenters. The van der Waals surface area contributed by atoms with Crippen molar-refractivity contribution in [1.29, 1.82) is 0 Å². The maximum atomic E-state index is 13.3. The van der Waals surface area contributed by atoms with Gasteiger partial charge in [0.05, 0.1) is 18.8 Å². The Labute approximate surface area is 171 Å². The molecule has 0 aliphatic rings. The van der Waals surface area contributed by atoms with Crippen LogP contribution in [0.1, 0.15) is 31.1 Å². The lowest BCUT2D eigenvalue weighted by Crippen LogP contribution is -2.42. The van der Waals surface area contributed by atoms with E-state index in [1.165, 1.54) is 11.5 Å². The van der Waals surface area contributed by atoms with Crippen molar-refractivity contribution in [1.82, 2.24) is 23.1 Å². The first-order valence-electron chi connectivity index (χ1n) is 9.54. The van der Waals surface area contributed by atoms with E-state index in [4.69, 9.17) is 4.74 Å². The average molecular weight is 409 g/mol. The molecule has 0 bridgehead atoms. The van der Waals surface area contributed by atoms with Gasteiger partial charge in [-0.2, -0.15) is 4.98 Å². The van der Waals surface area contributed by atoms with Crippen molar-refractivity contribution < 1.29 is 9.53 Å². The standard InChI is InChI=1S/C21H23N5O4/c1-11-7-8-16(30-6)15(9-11)25-12(2)10-24-17-18(22-20(24)25)23(5)21(29)26(19(17)28)13(3)14(4)27/h7-10,13H,1-6H3/t13-/m0/s1. The highest BCUT2D eigenvalue weighted by atomic mass is 16.5. The molecule has 0 spiro atoms. The number of carbonyl (C=O) groups excluding carboxylic acids is 1. The predicted octanol–water partition coefficient (Wildman–Crippen LogP) is 1.91. The number of hydrogen-bond donors (Lipinski definition) is 0. The molecule has 0 amide bonds. The normalized spacial score (nSPS) is 12.6. The van der Waals surface area contributed by atoms with Crippen LogP contribution in [0.25, 0.3) is 22.6 Å². The number of aryl methyl sites for hydroxylation is 3. The lowest BCUT2D eigenvalue weighted by molar-refractivity contribution is -0.119. The maximum absolute atomic E-state index is 13.3. The fourth-order valence-electron chi connectivity index (χ4n) is 3.77. The predicted molar refractivity (Wildman–Crippen MR) is 113 cm³/mol. The van der Waals surface area contributed by atoms with Gasteiger partial charge in [-0.25, -0.2) is 9.36 Å². The Bertz CT molecular complexity index is 1450. The van der Waals surface area contributed by atoms with Crippen LogP contribution < -0.4 is 16.0 Å². The minimum atomic E-state index is -0.869. The number of benzene rings is 1. The van der Waals surface area contributed by atoms with Crippen molar-refractivity contribution in [3.8, 4) is 11.4 Å². The number of Topliss-reactive ketones (excluding diaryl/α,β-unsaturated/α-hetero) is 1. The van der Waals surface area contributed by atoms with E-state index in [9.17, 15) is 14.4 Å². The number of ether oxygens (including phenoxy) is 1. The van der Waals surface area contributed by atoms with Gasteiger partial charge in [-0.05, 0) is 45.4 Å². The molecule has 0 N–H and O–H groups in total. The quantitative estimate of drug-likeness (QED) is 0.513. The fourth-order valence-corrected chi connectivity index (χ4v) is 3.77. The zero-order chi connectivity index (χ0) is 21.9. The topological polar surface area (TPSA) is 92.5 Å². The third kappa shape index (κ3) is 2.62. The largest absolute Gasteiger partial charge is 0.495 e. The summed E-state index contributed by atoms with van der Waals surface area (Å²) in [7, 11) is 3.14. The van der Waals surface area contributed by atoms with Crippen molar-refractivity contribution in [3.63, 3.8) is 0 Å². The summed E-state index contributed by atoms with van der Waals surface area (Å²) in [6, 6.07) is 4.93. The number of nitrogens with zero attached hydrogens (tertiary/aromatic N) is 5. The number of ketones is 1. The summed E-state index contributed by atoms with van der Waals surface area (Å²) in [6.45, 7) is 6.79. The first kappa shape index (κ1) is 19.7. The molecule has 4 rings (SSSR count). The van der Waals surface area contributed by atoms with E-state index in [-0.39, 0.29) is 16.9 Å². The molecule has 0 aliphatic carbocycles. The van der Waals surface area contributed by atoms with Crippen molar-refractivity contribution in [2.75, 3.05) is 7.11 Å². The van der Waals surface area contributed by atoms with Crippen LogP contribution in [0.4, 0.5) is 0 Å². The van der Waals surface area contributed by atoms with Gasteiger partial charge in [0.2, 0.25) is 5.78 Å². The van der Waals surface area contributed by atoms with E-state index < -0.39 is 17.3 Å². The maximum Gasteiger partial charge on any atom is 0.333 e. The van der Waals surface area contributed by atoms with Crippen molar-refractivity contribution in [2.45, 2.75) is 33.7 Å². The third-order valence-electron chi connectivity index (χ3n) is 5.53. The van der Waals surface area contributed by atoms with Crippen LogP contribution in [0, 0.1) is 13.8 Å². The Morgan fingerprint density at radius 3 is 2.53 bits per heavy atom. The highest BCUT2D eigenvalue weighted by molar-refractivity contribution is 5.81. The van der Waals surface area contributed by atoms with Crippen LogP contribution in [0.2, 0.25) is 0 Å². The Morgan fingerprint density at radius 2 is 1.90 bits per heavy atom.